The van der Waals surface area contributed by atoms with Gasteiger partial charge in [-0.05, 0) is 19.0 Å². The topological polar surface area (TPSA) is 64.8 Å². The third kappa shape index (κ3) is 3.22. The van der Waals surface area contributed by atoms with E-state index in [1.54, 1.807) is 14.2 Å². The van der Waals surface area contributed by atoms with E-state index in [9.17, 15) is 4.79 Å². The molecule has 1 aromatic heterocycles. The molecule has 0 unspecified atom stereocenters. The lowest BCUT2D eigenvalue weighted by molar-refractivity contribution is 0.0600. The molecule has 0 aliphatic carbocycles. The van der Waals surface area contributed by atoms with E-state index in [2.05, 4.69) is 16.7 Å². The van der Waals surface area contributed by atoms with E-state index in [0.717, 1.165) is 25.1 Å². The third-order valence-corrected chi connectivity index (χ3v) is 3.71. The number of methoxy groups -OCH3 is 2. The Balaban J connectivity index is 0.000000492. The molecule has 18 heavy (non-hydrogen) atoms. The Labute approximate surface area is 111 Å². The minimum atomic E-state index is -0.311. The van der Waals surface area contributed by atoms with Crippen molar-refractivity contribution >= 4 is 22.3 Å². The van der Waals surface area contributed by atoms with Crippen LogP contribution >= 0.6 is 11.3 Å². The summed E-state index contributed by atoms with van der Waals surface area (Å²) in [4.78, 5) is 15.0. The fourth-order valence-electron chi connectivity index (χ4n) is 1.88. The Morgan fingerprint density at radius 1 is 1.39 bits per heavy atom. The number of nitrogens with two attached hydrogens (primary N) is 1. The molecule has 0 saturated heterocycles. The molecule has 1 aliphatic rings. The molecule has 0 aromatic carbocycles. The molecular formula is C12H20N2O3S. The molecule has 2 heterocycles. The van der Waals surface area contributed by atoms with E-state index in [-0.39, 0.29) is 5.97 Å². The zero-order chi connectivity index (χ0) is 13.7. The highest BCUT2D eigenvalue weighted by atomic mass is 32.1. The summed E-state index contributed by atoms with van der Waals surface area (Å²) in [6, 6.07) is 0. The molecule has 0 fully saturated rings. The van der Waals surface area contributed by atoms with E-state index in [0.29, 0.717) is 10.6 Å². The minimum Gasteiger partial charge on any atom is -0.465 e. The molecular weight excluding hydrogens is 252 g/mol. The van der Waals surface area contributed by atoms with E-state index in [1.165, 1.54) is 23.3 Å². The summed E-state index contributed by atoms with van der Waals surface area (Å²) in [6.45, 7) is 1.84. The number of carbonyl (C=O) groups excluding carboxylic acids is 1. The number of anilines is 1. The first-order valence-corrected chi connectivity index (χ1v) is 6.43. The van der Waals surface area contributed by atoms with Gasteiger partial charge in [-0.1, -0.05) is 0 Å². The van der Waals surface area contributed by atoms with E-state index >= 15 is 0 Å². The van der Waals surface area contributed by atoms with Gasteiger partial charge in [-0.15, -0.1) is 11.3 Å². The summed E-state index contributed by atoms with van der Waals surface area (Å²) in [7, 11) is 6.71. The second-order valence-electron chi connectivity index (χ2n) is 4.13. The van der Waals surface area contributed by atoms with Crippen LogP contribution in [-0.4, -0.2) is 45.8 Å². The molecule has 6 heteroatoms. The number of hydrogen-bond acceptors (Lipinski definition) is 6. The van der Waals surface area contributed by atoms with Crippen LogP contribution in [0.4, 0.5) is 5.00 Å². The summed E-state index contributed by atoms with van der Waals surface area (Å²) < 4.78 is 8.99. The van der Waals surface area contributed by atoms with Gasteiger partial charge in [0.25, 0.3) is 0 Å². The fourth-order valence-corrected chi connectivity index (χ4v) is 3.06. The number of hydrogen-bond donors (Lipinski definition) is 1. The zero-order valence-corrected chi connectivity index (χ0v) is 12.1. The molecule has 0 amide bonds. The van der Waals surface area contributed by atoms with Crippen LogP contribution in [0.15, 0.2) is 0 Å². The number of fused-ring (bicyclic) bond motifs is 1. The number of ether oxygens (including phenoxy) is 2. The Hall–Kier alpha value is -1.11. The largest absolute Gasteiger partial charge is 0.465 e. The Kier molecular flexibility index (Phi) is 5.58. The molecule has 0 spiro atoms. The molecule has 0 atom stereocenters. The monoisotopic (exact) mass is 272 g/mol. The summed E-state index contributed by atoms with van der Waals surface area (Å²) >= 11 is 1.50. The Morgan fingerprint density at radius 2 is 2.00 bits per heavy atom. The van der Waals surface area contributed by atoms with Crippen molar-refractivity contribution in [1.82, 2.24) is 4.90 Å². The quantitative estimate of drug-likeness (QED) is 0.782. The van der Waals surface area contributed by atoms with Crippen molar-refractivity contribution in [3.63, 3.8) is 0 Å². The van der Waals surface area contributed by atoms with Crippen LogP contribution in [-0.2, 0) is 22.4 Å². The summed E-state index contributed by atoms with van der Waals surface area (Å²) in [6.07, 6.45) is 0.879. The van der Waals surface area contributed by atoms with Crippen LogP contribution < -0.4 is 5.73 Å². The second kappa shape index (κ2) is 6.72. The number of thiophene rings is 1. The smallest absolute Gasteiger partial charge is 0.341 e. The van der Waals surface area contributed by atoms with Crippen molar-refractivity contribution < 1.29 is 14.3 Å². The first-order valence-electron chi connectivity index (χ1n) is 5.62. The van der Waals surface area contributed by atoms with Crippen molar-refractivity contribution in [3.05, 3.63) is 16.0 Å². The number of rotatable bonds is 1. The Bertz CT molecular complexity index is 418. The number of nitrogen functional groups attached to an aromatic ring is 1. The van der Waals surface area contributed by atoms with Gasteiger partial charge in [0.15, 0.2) is 0 Å². The van der Waals surface area contributed by atoms with Crippen molar-refractivity contribution in [2.24, 2.45) is 0 Å². The van der Waals surface area contributed by atoms with Crippen LogP contribution in [0, 0.1) is 0 Å². The van der Waals surface area contributed by atoms with Gasteiger partial charge in [0.2, 0.25) is 0 Å². The SMILES string of the molecule is COC.COC(=O)c1c(N)sc2c1CCN(C)C2. The molecule has 5 nitrogen and oxygen atoms in total. The fraction of sp³-hybridized carbons (Fsp3) is 0.583. The van der Waals surface area contributed by atoms with Gasteiger partial charge in [-0.2, -0.15) is 0 Å². The lowest BCUT2D eigenvalue weighted by Crippen LogP contribution is -2.26. The zero-order valence-electron chi connectivity index (χ0n) is 11.3. The molecule has 2 rings (SSSR count). The summed E-state index contributed by atoms with van der Waals surface area (Å²) in [5, 5.41) is 0.585. The minimum absolute atomic E-state index is 0.311. The van der Waals surface area contributed by atoms with Crippen LogP contribution in [0.3, 0.4) is 0 Å². The van der Waals surface area contributed by atoms with E-state index in [4.69, 9.17) is 10.5 Å². The van der Waals surface area contributed by atoms with Gasteiger partial charge in [0.05, 0.1) is 12.7 Å². The van der Waals surface area contributed by atoms with E-state index in [1.807, 2.05) is 0 Å². The van der Waals surface area contributed by atoms with Gasteiger partial charge in [0, 0.05) is 32.2 Å². The number of nitrogens with zero attached hydrogens (tertiary/aromatic N) is 1. The molecule has 1 aliphatic heterocycles. The number of likely N-dealkylation sites (N-methyl/N-ethyl adjacent to an activating group) is 1. The number of esters is 1. The summed E-state index contributed by atoms with van der Waals surface area (Å²) in [5.74, 6) is -0.311. The maximum Gasteiger partial charge on any atom is 0.341 e. The standard InChI is InChI=1S/C10H14N2O2S.C2H6O/c1-12-4-3-6-7(5-12)15-9(11)8(6)10(13)14-2;1-3-2/h3-5,11H2,1-2H3;1-2H3. The predicted octanol–water partition coefficient (Wildman–Crippen LogP) is 1.37. The molecule has 2 N–H and O–H groups in total. The van der Waals surface area contributed by atoms with Crippen molar-refractivity contribution in [2.45, 2.75) is 13.0 Å². The molecule has 0 bridgehead atoms. The second-order valence-corrected chi connectivity index (χ2v) is 5.27. The Morgan fingerprint density at radius 3 is 2.56 bits per heavy atom. The maximum atomic E-state index is 11.5. The van der Waals surface area contributed by atoms with Gasteiger partial charge < -0.3 is 20.1 Å². The van der Waals surface area contributed by atoms with E-state index < -0.39 is 0 Å². The molecule has 0 saturated carbocycles. The first-order chi connectivity index (χ1) is 8.54. The molecule has 102 valence electrons. The average Bonchev–Trinajstić information content (AvgIpc) is 2.64. The van der Waals surface area contributed by atoms with Gasteiger partial charge in [-0.25, -0.2) is 4.79 Å². The highest BCUT2D eigenvalue weighted by molar-refractivity contribution is 7.16. The predicted molar refractivity (Wildman–Crippen MR) is 73.0 cm³/mol. The lowest BCUT2D eigenvalue weighted by atomic mass is 10.0. The van der Waals surface area contributed by atoms with Crippen molar-refractivity contribution in [2.75, 3.05) is 40.7 Å². The first kappa shape index (κ1) is 14.9. The van der Waals surface area contributed by atoms with Gasteiger partial charge >= 0.3 is 5.97 Å². The van der Waals surface area contributed by atoms with Gasteiger partial charge in [0.1, 0.15) is 5.00 Å². The van der Waals surface area contributed by atoms with Gasteiger partial charge in [-0.3, -0.25) is 0 Å². The van der Waals surface area contributed by atoms with Crippen LogP contribution in [0.5, 0.6) is 0 Å². The number of carbonyl (C=O) groups is 1. The van der Waals surface area contributed by atoms with Crippen LogP contribution in [0.2, 0.25) is 0 Å². The average molecular weight is 272 g/mol. The lowest BCUT2D eigenvalue weighted by Gasteiger charge is -2.22. The normalized spacial score (nSPS) is 14.4. The van der Waals surface area contributed by atoms with Crippen LogP contribution in [0.25, 0.3) is 0 Å². The van der Waals surface area contributed by atoms with Crippen LogP contribution in [0.1, 0.15) is 20.8 Å². The third-order valence-electron chi connectivity index (χ3n) is 2.66. The highest BCUT2D eigenvalue weighted by Gasteiger charge is 2.25. The maximum absolute atomic E-state index is 11.5. The molecule has 0 radical (unpaired) electrons. The van der Waals surface area contributed by atoms with Crippen molar-refractivity contribution in [3.8, 4) is 0 Å². The van der Waals surface area contributed by atoms with Crippen molar-refractivity contribution in [1.29, 1.82) is 0 Å². The highest BCUT2D eigenvalue weighted by Crippen LogP contribution is 2.34. The molecule has 1 aromatic rings. The summed E-state index contributed by atoms with van der Waals surface area (Å²) in [5.41, 5.74) is 7.52.